The molecule has 0 aromatic carbocycles. The van der Waals surface area contributed by atoms with Gasteiger partial charge in [-0.15, -0.1) is 0 Å². The van der Waals surface area contributed by atoms with Gasteiger partial charge < -0.3 is 9.31 Å². The first-order valence-electron chi connectivity index (χ1n) is 2.38. The molecule has 0 aromatic rings. The van der Waals surface area contributed by atoms with Crippen LogP contribution in [-0.4, -0.2) is 25.3 Å². The average molecular weight is 168 g/mol. The van der Waals surface area contributed by atoms with Gasteiger partial charge >= 0.3 is 25.3 Å². The summed E-state index contributed by atoms with van der Waals surface area (Å²) in [5, 5.41) is 0. The monoisotopic (exact) mass is 168 g/mol. The molecule has 4 nitrogen and oxygen atoms in total. The molecule has 1 saturated heterocycles. The second-order valence-electron chi connectivity index (χ2n) is 1.66. The molecule has 0 saturated carbocycles. The van der Waals surface area contributed by atoms with E-state index in [-0.39, 0.29) is 0 Å². The zero-order chi connectivity index (χ0) is 8.65. The topological polar surface area (TPSA) is 52.6 Å². The smallest absolute Gasteiger partial charge is 0.465 e. The molecule has 0 atom stereocenters. The molecule has 0 aliphatic carbocycles. The summed E-state index contributed by atoms with van der Waals surface area (Å²) in [7, 11) is -2.73. The Kier molecular flexibility index (Phi) is 1.54. The van der Waals surface area contributed by atoms with E-state index in [1.165, 1.54) is 0 Å². The van der Waals surface area contributed by atoms with Crippen LogP contribution in [0, 0.1) is 0 Å². The first-order chi connectivity index (χ1) is 4.94. The van der Waals surface area contributed by atoms with E-state index in [9.17, 15) is 22.7 Å². The Bertz CT molecular complexity index is 197. The van der Waals surface area contributed by atoms with Crippen molar-refractivity contribution in [2.24, 2.45) is 0 Å². The number of rotatable bonds is 0. The lowest BCUT2D eigenvalue weighted by Gasteiger charge is -2.19. The van der Waals surface area contributed by atoms with Crippen LogP contribution in [-0.2, 0) is 18.9 Å². The maximum absolute atomic E-state index is 12.0. The van der Waals surface area contributed by atoms with Crippen molar-refractivity contribution in [3.63, 3.8) is 0 Å². The third-order valence-electron chi connectivity index (χ3n) is 0.912. The number of hydrogen-bond acceptors (Lipinski definition) is 4. The minimum atomic E-state index is -4.39. The molecule has 0 radical (unpaired) electrons. The minimum absolute atomic E-state index is 2.23. The van der Waals surface area contributed by atoms with Crippen LogP contribution in [0.2, 0.25) is 0 Å². The molecule has 11 heavy (non-hydrogen) atoms. The first kappa shape index (κ1) is 7.90. The molecule has 60 valence electrons. The van der Waals surface area contributed by atoms with Crippen molar-refractivity contribution in [2.75, 3.05) is 0 Å². The predicted octanol–water partition coefficient (Wildman–Crippen LogP) is -0.324. The molecule has 1 fully saturated rings. The Balaban J connectivity index is 2.84. The summed E-state index contributed by atoms with van der Waals surface area (Å²) >= 11 is 0. The maximum Gasteiger partial charge on any atom is 0.834 e. The summed E-state index contributed by atoms with van der Waals surface area (Å²) in [4.78, 5) is 20.0. The van der Waals surface area contributed by atoms with Gasteiger partial charge in [-0.2, -0.15) is 8.78 Å². The van der Waals surface area contributed by atoms with E-state index in [0.717, 1.165) is 0 Å². The molecule has 0 spiro atoms. The summed E-state index contributed by atoms with van der Waals surface area (Å²) < 4.78 is 42.5. The van der Waals surface area contributed by atoms with E-state index in [1.807, 2.05) is 0 Å². The number of carbonyl (C=O) groups excluding carboxylic acids is 2. The third kappa shape index (κ3) is 1.15. The largest absolute Gasteiger partial charge is 0.834 e. The number of carbonyl (C=O) groups is 2. The van der Waals surface area contributed by atoms with E-state index in [4.69, 9.17) is 0 Å². The summed E-state index contributed by atoms with van der Waals surface area (Å²) in [5.41, 5.74) is 0. The van der Waals surface area contributed by atoms with Crippen LogP contribution in [0.4, 0.5) is 13.1 Å². The lowest BCUT2D eigenvalue weighted by atomic mass is 10.2. The summed E-state index contributed by atoms with van der Waals surface area (Å²) in [6, 6.07) is 0. The van der Waals surface area contributed by atoms with Crippen LogP contribution in [0.1, 0.15) is 0 Å². The van der Waals surface area contributed by atoms with Crippen molar-refractivity contribution >= 4 is 19.3 Å². The van der Waals surface area contributed by atoms with Crippen LogP contribution < -0.4 is 0 Å². The molecule has 0 bridgehead atoms. The minimum Gasteiger partial charge on any atom is -0.465 e. The van der Waals surface area contributed by atoms with Crippen LogP contribution in [0.25, 0.3) is 0 Å². The Morgan fingerprint density at radius 2 is 1.55 bits per heavy atom. The maximum atomic E-state index is 12.0. The second-order valence-corrected chi connectivity index (χ2v) is 1.66. The van der Waals surface area contributed by atoms with E-state index < -0.39 is 25.3 Å². The van der Waals surface area contributed by atoms with Gasteiger partial charge in [-0.25, -0.2) is 13.9 Å². The highest BCUT2D eigenvalue weighted by atomic mass is 19.3. The van der Waals surface area contributed by atoms with Gasteiger partial charge in [-0.3, -0.25) is 0 Å². The van der Waals surface area contributed by atoms with E-state index in [1.54, 1.807) is 0 Å². The predicted molar refractivity (Wildman–Crippen MR) is 24.0 cm³/mol. The molecule has 0 N–H and O–H groups in total. The molecular formula is C3BF3O4. The number of alkyl halides is 2. The van der Waals surface area contributed by atoms with Gasteiger partial charge in [0.25, 0.3) is 0 Å². The standard InChI is InChI=1S/C3BF3O4/c5-3(6)1(8)10-4(7)11-2(3)9. The highest BCUT2D eigenvalue weighted by Crippen LogP contribution is 2.23. The van der Waals surface area contributed by atoms with Crippen molar-refractivity contribution < 1.29 is 32.0 Å². The Morgan fingerprint density at radius 1 is 1.18 bits per heavy atom. The molecule has 0 aromatic heterocycles. The summed E-state index contributed by atoms with van der Waals surface area (Å²) in [6.07, 6.45) is 0. The molecule has 0 unspecified atom stereocenters. The molecule has 1 aliphatic rings. The van der Waals surface area contributed by atoms with Crippen LogP contribution in [0.15, 0.2) is 0 Å². The Labute approximate surface area is 58.5 Å². The summed E-state index contributed by atoms with van der Waals surface area (Å²) in [5.74, 6) is -8.86. The highest BCUT2D eigenvalue weighted by molar-refractivity contribution is 6.44. The molecule has 1 rings (SSSR count). The van der Waals surface area contributed by atoms with Gasteiger partial charge in [0.05, 0.1) is 0 Å². The average Bonchev–Trinajstić information content (AvgIpc) is 1.84. The van der Waals surface area contributed by atoms with E-state index in [0.29, 0.717) is 0 Å². The fourth-order valence-electron chi connectivity index (χ4n) is 0.424. The van der Waals surface area contributed by atoms with Gasteiger partial charge in [0.15, 0.2) is 0 Å². The lowest BCUT2D eigenvalue weighted by Crippen LogP contribution is -2.50. The van der Waals surface area contributed by atoms with Crippen LogP contribution in [0.3, 0.4) is 0 Å². The first-order valence-corrected chi connectivity index (χ1v) is 2.38. The Hall–Kier alpha value is -1.21. The van der Waals surface area contributed by atoms with E-state index in [2.05, 4.69) is 9.31 Å². The van der Waals surface area contributed by atoms with Gasteiger partial charge in [0.1, 0.15) is 0 Å². The normalized spacial score (nSPS) is 22.6. The summed E-state index contributed by atoms with van der Waals surface area (Å²) in [6.45, 7) is 0. The van der Waals surface area contributed by atoms with Gasteiger partial charge in [0, 0.05) is 0 Å². The molecule has 8 heteroatoms. The van der Waals surface area contributed by atoms with Crippen LogP contribution >= 0.6 is 0 Å². The molecule has 1 heterocycles. The van der Waals surface area contributed by atoms with Gasteiger partial charge in [0.2, 0.25) is 0 Å². The molecular weight excluding hydrogens is 168 g/mol. The number of hydrogen-bond donors (Lipinski definition) is 0. The van der Waals surface area contributed by atoms with Crippen LogP contribution in [0.5, 0.6) is 0 Å². The SMILES string of the molecule is O=C1OB(F)OC(=O)C1(F)F. The Morgan fingerprint density at radius 3 is 1.91 bits per heavy atom. The van der Waals surface area contributed by atoms with Crippen molar-refractivity contribution in [2.45, 2.75) is 5.92 Å². The molecule has 0 amide bonds. The quantitative estimate of drug-likeness (QED) is 0.367. The fraction of sp³-hybridized carbons (Fsp3) is 0.333. The van der Waals surface area contributed by atoms with Crippen molar-refractivity contribution in [1.82, 2.24) is 0 Å². The lowest BCUT2D eigenvalue weighted by molar-refractivity contribution is -0.189. The number of halogens is 3. The zero-order valence-corrected chi connectivity index (χ0v) is 4.84. The zero-order valence-electron chi connectivity index (χ0n) is 4.84. The van der Waals surface area contributed by atoms with Crippen molar-refractivity contribution in [1.29, 1.82) is 0 Å². The van der Waals surface area contributed by atoms with Gasteiger partial charge in [-0.1, -0.05) is 0 Å². The van der Waals surface area contributed by atoms with E-state index >= 15 is 0 Å². The van der Waals surface area contributed by atoms with Crippen molar-refractivity contribution in [3.05, 3.63) is 0 Å². The van der Waals surface area contributed by atoms with Gasteiger partial charge in [-0.05, 0) is 0 Å². The second kappa shape index (κ2) is 2.14. The third-order valence-corrected chi connectivity index (χ3v) is 0.912. The molecule has 1 aliphatic heterocycles. The highest BCUT2D eigenvalue weighted by Gasteiger charge is 2.59. The van der Waals surface area contributed by atoms with Crippen molar-refractivity contribution in [3.8, 4) is 0 Å². The fourth-order valence-corrected chi connectivity index (χ4v) is 0.424.